The number of amides is 2. The lowest BCUT2D eigenvalue weighted by atomic mass is 10.0. The molecule has 33 heavy (non-hydrogen) atoms. The van der Waals surface area contributed by atoms with E-state index in [9.17, 15) is 19.7 Å². The van der Waals surface area contributed by atoms with E-state index in [1.54, 1.807) is 0 Å². The molecule has 0 radical (unpaired) electrons. The van der Waals surface area contributed by atoms with E-state index in [4.69, 9.17) is 4.74 Å². The third-order valence-electron chi connectivity index (χ3n) is 5.92. The summed E-state index contributed by atoms with van der Waals surface area (Å²) in [6.07, 6.45) is 0. The molecule has 2 aliphatic heterocycles. The molecule has 0 bridgehead atoms. The van der Waals surface area contributed by atoms with Gasteiger partial charge in [0.15, 0.2) is 0 Å². The molecule has 0 aliphatic carbocycles. The first-order chi connectivity index (χ1) is 15.8. The van der Waals surface area contributed by atoms with E-state index in [1.165, 1.54) is 29.2 Å². The van der Waals surface area contributed by atoms with Gasteiger partial charge < -0.3 is 10.1 Å². The predicted molar refractivity (Wildman–Crippen MR) is 124 cm³/mol. The Balaban J connectivity index is 1.66. The van der Waals surface area contributed by atoms with Crippen molar-refractivity contribution in [1.29, 1.82) is 0 Å². The summed E-state index contributed by atoms with van der Waals surface area (Å²) >= 11 is 0. The lowest BCUT2D eigenvalue weighted by Crippen LogP contribution is -2.43. The molecule has 172 valence electrons. The van der Waals surface area contributed by atoms with Crippen LogP contribution in [0.25, 0.3) is 5.57 Å². The molecule has 1 saturated heterocycles. The first kappa shape index (κ1) is 22.6. The van der Waals surface area contributed by atoms with Crippen LogP contribution in [0.3, 0.4) is 0 Å². The molecule has 0 aromatic heterocycles. The number of benzene rings is 2. The van der Waals surface area contributed by atoms with Crippen LogP contribution in [0, 0.1) is 24.0 Å². The van der Waals surface area contributed by atoms with Gasteiger partial charge in [-0.1, -0.05) is 17.7 Å². The Kier molecular flexibility index (Phi) is 6.52. The van der Waals surface area contributed by atoms with Crippen molar-refractivity contribution in [3.05, 3.63) is 75.0 Å². The lowest BCUT2D eigenvalue weighted by molar-refractivity contribution is -0.384. The van der Waals surface area contributed by atoms with E-state index in [1.807, 2.05) is 32.0 Å². The highest BCUT2D eigenvalue weighted by Gasteiger charge is 2.39. The van der Waals surface area contributed by atoms with Crippen molar-refractivity contribution in [2.45, 2.75) is 13.8 Å². The number of aryl methyl sites for hydroxylation is 2. The number of carbonyl (C=O) groups is 2. The van der Waals surface area contributed by atoms with Gasteiger partial charge in [0.25, 0.3) is 17.5 Å². The number of rotatable bonds is 7. The van der Waals surface area contributed by atoms with Gasteiger partial charge in [-0.2, -0.15) is 0 Å². The van der Waals surface area contributed by atoms with Crippen LogP contribution in [0.2, 0.25) is 0 Å². The molecule has 2 aliphatic rings. The van der Waals surface area contributed by atoms with E-state index in [2.05, 4.69) is 10.2 Å². The predicted octanol–water partition coefficient (Wildman–Crippen LogP) is 2.74. The van der Waals surface area contributed by atoms with Crippen LogP contribution >= 0.6 is 0 Å². The van der Waals surface area contributed by atoms with Crippen molar-refractivity contribution >= 4 is 28.8 Å². The molecule has 0 saturated carbocycles. The van der Waals surface area contributed by atoms with Gasteiger partial charge in [0.05, 0.1) is 23.7 Å². The van der Waals surface area contributed by atoms with Crippen LogP contribution < -0.4 is 5.32 Å². The average molecular weight is 450 g/mol. The number of anilines is 1. The zero-order chi connectivity index (χ0) is 23.5. The summed E-state index contributed by atoms with van der Waals surface area (Å²) in [5, 5.41) is 14.2. The van der Waals surface area contributed by atoms with E-state index in [0.717, 1.165) is 29.9 Å². The maximum absolute atomic E-state index is 13.4. The standard InChI is InChI=1S/C24H26N4O5/c1-16-3-8-20(17(2)15-16)25-22-21(18-4-6-19(7-5-18)28(31)32)23(29)27(24(22)30)10-9-26-11-13-33-14-12-26/h3-8,15,25H,9-14H2,1-2H3. The molecule has 1 fully saturated rings. The molecule has 0 spiro atoms. The third-order valence-corrected chi connectivity index (χ3v) is 5.92. The molecule has 2 aromatic rings. The van der Waals surface area contributed by atoms with Crippen molar-refractivity contribution in [1.82, 2.24) is 9.80 Å². The van der Waals surface area contributed by atoms with Crippen LogP contribution in [-0.4, -0.2) is 65.9 Å². The second-order valence-electron chi connectivity index (χ2n) is 8.21. The van der Waals surface area contributed by atoms with Gasteiger partial charge in [0, 0.05) is 44.0 Å². The Bertz CT molecular complexity index is 1120. The van der Waals surface area contributed by atoms with Crippen LogP contribution in [-0.2, 0) is 14.3 Å². The summed E-state index contributed by atoms with van der Waals surface area (Å²) in [4.78, 5) is 40.7. The van der Waals surface area contributed by atoms with Crippen molar-refractivity contribution in [2.24, 2.45) is 0 Å². The molecule has 2 amide bonds. The number of morpholine rings is 1. The van der Waals surface area contributed by atoms with Gasteiger partial charge in [-0.3, -0.25) is 29.5 Å². The van der Waals surface area contributed by atoms with Crippen molar-refractivity contribution in [3.8, 4) is 0 Å². The van der Waals surface area contributed by atoms with Gasteiger partial charge in [-0.15, -0.1) is 0 Å². The van der Waals surface area contributed by atoms with E-state index in [0.29, 0.717) is 25.3 Å². The molecule has 2 heterocycles. The number of nitro benzene ring substituents is 1. The number of nitrogens with zero attached hydrogens (tertiary/aromatic N) is 3. The monoisotopic (exact) mass is 450 g/mol. The number of nitro groups is 1. The van der Waals surface area contributed by atoms with Gasteiger partial charge in [0.1, 0.15) is 5.70 Å². The van der Waals surface area contributed by atoms with Crippen molar-refractivity contribution in [3.63, 3.8) is 0 Å². The Hall–Kier alpha value is -3.56. The van der Waals surface area contributed by atoms with Crippen molar-refractivity contribution < 1.29 is 19.2 Å². The third kappa shape index (κ3) is 4.79. The van der Waals surface area contributed by atoms with Gasteiger partial charge in [-0.25, -0.2) is 0 Å². The van der Waals surface area contributed by atoms with Crippen molar-refractivity contribution in [2.75, 3.05) is 44.7 Å². The fourth-order valence-corrected chi connectivity index (χ4v) is 4.07. The summed E-state index contributed by atoms with van der Waals surface area (Å²) in [5.41, 5.74) is 3.54. The topological polar surface area (TPSA) is 105 Å². The normalized spacial score (nSPS) is 17.1. The lowest BCUT2D eigenvalue weighted by Gasteiger charge is -2.28. The molecule has 0 atom stereocenters. The maximum Gasteiger partial charge on any atom is 0.278 e. The number of hydrogen-bond donors (Lipinski definition) is 1. The summed E-state index contributed by atoms with van der Waals surface area (Å²) < 4.78 is 5.36. The second-order valence-corrected chi connectivity index (χ2v) is 8.21. The largest absolute Gasteiger partial charge is 0.379 e. The van der Waals surface area contributed by atoms with E-state index >= 15 is 0 Å². The van der Waals surface area contributed by atoms with E-state index < -0.39 is 16.7 Å². The first-order valence-corrected chi connectivity index (χ1v) is 10.8. The smallest absolute Gasteiger partial charge is 0.278 e. The molecule has 1 N–H and O–H groups in total. The molecule has 9 nitrogen and oxygen atoms in total. The number of imide groups is 1. The maximum atomic E-state index is 13.4. The van der Waals surface area contributed by atoms with Gasteiger partial charge in [-0.05, 0) is 43.2 Å². The molecular formula is C24H26N4O5. The highest BCUT2D eigenvalue weighted by Crippen LogP contribution is 2.32. The Morgan fingerprint density at radius 3 is 2.33 bits per heavy atom. The summed E-state index contributed by atoms with van der Waals surface area (Å²) in [5.74, 6) is -0.809. The van der Waals surface area contributed by atoms with Crippen LogP contribution in [0.1, 0.15) is 16.7 Å². The SMILES string of the molecule is Cc1ccc(NC2=C(c3ccc([N+](=O)[O-])cc3)C(=O)N(CCN3CCOCC3)C2=O)c(C)c1. The second kappa shape index (κ2) is 9.51. The summed E-state index contributed by atoms with van der Waals surface area (Å²) in [6.45, 7) is 7.51. The quantitative estimate of drug-likeness (QED) is 0.393. The molecule has 2 aromatic carbocycles. The number of ether oxygens (including phenoxy) is 1. The molecule has 9 heteroatoms. The molecule has 0 unspecified atom stereocenters. The fraction of sp³-hybridized carbons (Fsp3) is 0.333. The number of hydrogen-bond acceptors (Lipinski definition) is 7. The number of non-ortho nitro benzene ring substituents is 1. The minimum Gasteiger partial charge on any atom is -0.379 e. The Morgan fingerprint density at radius 2 is 1.70 bits per heavy atom. The molecule has 4 rings (SSSR count). The summed E-state index contributed by atoms with van der Waals surface area (Å²) in [6, 6.07) is 11.5. The summed E-state index contributed by atoms with van der Waals surface area (Å²) in [7, 11) is 0. The zero-order valence-electron chi connectivity index (χ0n) is 18.7. The molecular weight excluding hydrogens is 424 g/mol. The Labute approximate surface area is 191 Å². The average Bonchev–Trinajstić information content (AvgIpc) is 3.04. The minimum atomic E-state index is -0.497. The Morgan fingerprint density at radius 1 is 1.00 bits per heavy atom. The van der Waals surface area contributed by atoms with Gasteiger partial charge in [0.2, 0.25) is 0 Å². The minimum absolute atomic E-state index is 0.0795. The van der Waals surface area contributed by atoms with Crippen LogP contribution in [0.5, 0.6) is 0 Å². The van der Waals surface area contributed by atoms with E-state index in [-0.39, 0.29) is 23.5 Å². The fourth-order valence-electron chi connectivity index (χ4n) is 4.07. The zero-order valence-corrected chi connectivity index (χ0v) is 18.7. The van der Waals surface area contributed by atoms with Crippen LogP contribution in [0.15, 0.2) is 48.2 Å². The van der Waals surface area contributed by atoms with Gasteiger partial charge >= 0.3 is 0 Å². The highest BCUT2D eigenvalue weighted by molar-refractivity contribution is 6.36. The highest BCUT2D eigenvalue weighted by atomic mass is 16.6. The first-order valence-electron chi connectivity index (χ1n) is 10.8. The number of nitrogens with one attached hydrogen (secondary N) is 1. The van der Waals surface area contributed by atoms with Crippen LogP contribution in [0.4, 0.5) is 11.4 Å². The number of carbonyl (C=O) groups excluding carboxylic acids is 2.